The number of carbonyl (C=O) groups is 1. The van der Waals surface area contributed by atoms with Crippen LogP contribution in [0.2, 0.25) is 0 Å². The average molecular weight is 365 g/mol. The van der Waals surface area contributed by atoms with Crippen LogP contribution in [0.15, 0.2) is 27.6 Å². The zero-order chi connectivity index (χ0) is 13.7. The van der Waals surface area contributed by atoms with Crippen LogP contribution in [0.3, 0.4) is 0 Å². The van der Waals surface area contributed by atoms with Crippen molar-refractivity contribution in [2.24, 2.45) is 5.92 Å². The number of carbonyl (C=O) groups excluding carboxylic acids is 1. The maximum Gasteiger partial charge on any atom is 0.251 e. The van der Waals surface area contributed by atoms with Crippen LogP contribution in [0.5, 0.6) is 0 Å². The quantitative estimate of drug-likeness (QED) is 0.842. The van der Waals surface area contributed by atoms with Gasteiger partial charge in [-0.1, -0.05) is 0 Å². The molecule has 20 heavy (non-hydrogen) atoms. The van der Waals surface area contributed by atoms with Crippen molar-refractivity contribution >= 4 is 34.2 Å². The van der Waals surface area contributed by atoms with E-state index < -0.39 is 0 Å². The van der Waals surface area contributed by atoms with Crippen LogP contribution in [-0.2, 0) is 11.3 Å². The van der Waals surface area contributed by atoms with Gasteiger partial charge in [-0.15, -0.1) is 12.4 Å². The molecular weight excluding hydrogens is 346 g/mol. The molecule has 2 heterocycles. The van der Waals surface area contributed by atoms with Crippen LogP contribution in [0.25, 0.3) is 0 Å². The van der Waals surface area contributed by atoms with E-state index >= 15 is 0 Å². The predicted octanol–water partition coefficient (Wildman–Crippen LogP) is 1.15. The summed E-state index contributed by atoms with van der Waals surface area (Å²) in [4.78, 5) is 23.4. The van der Waals surface area contributed by atoms with Gasteiger partial charge in [-0.25, -0.2) is 0 Å². The molecule has 1 aliphatic rings. The minimum Gasteiger partial charge on any atom is -0.354 e. The van der Waals surface area contributed by atoms with Crippen LogP contribution in [-0.4, -0.2) is 30.1 Å². The number of nitrogens with one attached hydrogen (secondary N) is 2. The number of halogens is 2. The van der Waals surface area contributed by atoms with Gasteiger partial charge in [0.05, 0.1) is 0 Å². The average Bonchev–Trinajstić information content (AvgIpc) is 2.42. The molecule has 7 heteroatoms. The van der Waals surface area contributed by atoms with E-state index in [-0.39, 0.29) is 30.4 Å². The fraction of sp³-hybridized carbons (Fsp3) is 0.538. The number of pyridine rings is 1. The smallest absolute Gasteiger partial charge is 0.251 e. The van der Waals surface area contributed by atoms with Crippen LogP contribution in [0.1, 0.15) is 12.8 Å². The topological polar surface area (TPSA) is 63.1 Å². The molecule has 1 unspecified atom stereocenters. The standard InChI is InChI=1S/C13H18BrN3O2.ClH/c14-11-3-4-13(19)17(8-11)9-12(18)16-7-10-2-1-5-15-6-10;/h3-4,8,10,15H,1-2,5-7,9H2,(H,16,18);1H. The van der Waals surface area contributed by atoms with Crippen LogP contribution in [0.4, 0.5) is 0 Å². The molecule has 1 aromatic rings. The first kappa shape index (κ1) is 17.2. The molecule has 5 nitrogen and oxygen atoms in total. The van der Waals surface area contributed by atoms with Gasteiger partial charge in [0, 0.05) is 23.3 Å². The maximum atomic E-state index is 11.8. The molecule has 1 amide bonds. The monoisotopic (exact) mass is 363 g/mol. The van der Waals surface area contributed by atoms with E-state index in [0.29, 0.717) is 12.5 Å². The normalized spacial score (nSPS) is 18.1. The van der Waals surface area contributed by atoms with E-state index in [1.807, 2.05) is 0 Å². The summed E-state index contributed by atoms with van der Waals surface area (Å²) in [5.74, 6) is 0.378. The molecule has 1 atom stereocenters. The number of piperidine rings is 1. The van der Waals surface area contributed by atoms with E-state index in [9.17, 15) is 9.59 Å². The van der Waals surface area contributed by atoms with Gasteiger partial charge in [0.2, 0.25) is 5.91 Å². The highest BCUT2D eigenvalue weighted by atomic mass is 79.9. The van der Waals surface area contributed by atoms with Gasteiger partial charge in [0.25, 0.3) is 5.56 Å². The minimum atomic E-state index is -0.169. The summed E-state index contributed by atoms with van der Waals surface area (Å²) >= 11 is 3.29. The Bertz CT molecular complexity index is 501. The lowest BCUT2D eigenvalue weighted by atomic mass is 10.00. The summed E-state index contributed by atoms with van der Waals surface area (Å²) in [6.45, 7) is 2.77. The zero-order valence-electron chi connectivity index (χ0n) is 11.1. The SMILES string of the molecule is Cl.O=C(Cn1cc(Br)ccc1=O)NCC1CCCNC1. The molecule has 1 aromatic heterocycles. The van der Waals surface area contributed by atoms with Crippen LogP contribution < -0.4 is 16.2 Å². The Hall–Kier alpha value is -0.850. The third-order valence-electron chi connectivity index (χ3n) is 3.25. The van der Waals surface area contributed by atoms with Crippen LogP contribution in [0, 0.1) is 5.92 Å². The first-order chi connectivity index (χ1) is 9.15. The minimum absolute atomic E-state index is 0. The van der Waals surface area contributed by atoms with E-state index in [0.717, 1.165) is 30.4 Å². The fourth-order valence-electron chi connectivity index (χ4n) is 2.19. The van der Waals surface area contributed by atoms with Crippen molar-refractivity contribution in [3.05, 3.63) is 33.2 Å². The van der Waals surface area contributed by atoms with Gasteiger partial charge >= 0.3 is 0 Å². The Kier molecular flexibility index (Phi) is 7.26. The lowest BCUT2D eigenvalue weighted by Crippen LogP contribution is -2.39. The van der Waals surface area contributed by atoms with Crippen molar-refractivity contribution in [1.82, 2.24) is 15.2 Å². The maximum absolute atomic E-state index is 11.8. The van der Waals surface area contributed by atoms with Gasteiger partial charge in [0.1, 0.15) is 6.54 Å². The van der Waals surface area contributed by atoms with Gasteiger partial charge in [-0.3, -0.25) is 9.59 Å². The van der Waals surface area contributed by atoms with Crippen molar-refractivity contribution < 1.29 is 4.79 Å². The highest BCUT2D eigenvalue weighted by Gasteiger charge is 2.14. The predicted molar refractivity (Wildman–Crippen MR) is 84.3 cm³/mol. The largest absolute Gasteiger partial charge is 0.354 e. The first-order valence-corrected chi connectivity index (χ1v) is 7.28. The molecule has 0 aromatic carbocycles. The summed E-state index contributed by atoms with van der Waals surface area (Å²) in [7, 11) is 0. The highest BCUT2D eigenvalue weighted by molar-refractivity contribution is 9.10. The number of aromatic nitrogens is 1. The third kappa shape index (κ3) is 5.26. The number of amides is 1. The third-order valence-corrected chi connectivity index (χ3v) is 3.72. The Labute approximate surface area is 132 Å². The van der Waals surface area contributed by atoms with Gasteiger partial charge in [-0.2, -0.15) is 0 Å². The second kappa shape index (κ2) is 8.44. The van der Waals surface area contributed by atoms with Gasteiger partial charge in [-0.05, 0) is 53.8 Å². The molecule has 1 saturated heterocycles. The molecule has 2 N–H and O–H groups in total. The second-order valence-electron chi connectivity index (χ2n) is 4.83. The Morgan fingerprint density at radius 1 is 1.50 bits per heavy atom. The van der Waals surface area contributed by atoms with Crippen molar-refractivity contribution in [3.8, 4) is 0 Å². The van der Waals surface area contributed by atoms with E-state index in [1.165, 1.54) is 10.6 Å². The summed E-state index contributed by atoms with van der Waals surface area (Å²) in [6, 6.07) is 3.12. The number of rotatable bonds is 4. The molecule has 2 rings (SSSR count). The summed E-state index contributed by atoms with van der Waals surface area (Å²) in [6.07, 6.45) is 3.93. The molecular formula is C13H19BrClN3O2. The van der Waals surface area contributed by atoms with E-state index in [4.69, 9.17) is 0 Å². The molecule has 0 bridgehead atoms. The second-order valence-corrected chi connectivity index (χ2v) is 5.75. The molecule has 1 fully saturated rings. The Balaban J connectivity index is 0.00000200. The Morgan fingerprint density at radius 2 is 2.30 bits per heavy atom. The first-order valence-electron chi connectivity index (χ1n) is 6.48. The summed E-state index contributed by atoms with van der Waals surface area (Å²) in [5, 5.41) is 6.21. The van der Waals surface area contributed by atoms with E-state index in [1.54, 1.807) is 12.3 Å². The molecule has 0 spiro atoms. The fourth-order valence-corrected chi connectivity index (χ4v) is 2.57. The molecule has 1 aliphatic heterocycles. The lowest BCUT2D eigenvalue weighted by molar-refractivity contribution is -0.121. The molecule has 0 aliphatic carbocycles. The molecule has 0 radical (unpaired) electrons. The van der Waals surface area contributed by atoms with Crippen LogP contribution >= 0.6 is 28.3 Å². The number of hydrogen-bond donors (Lipinski definition) is 2. The van der Waals surface area contributed by atoms with Crippen molar-refractivity contribution in [3.63, 3.8) is 0 Å². The van der Waals surface area contributed by atoms with Gasteiger partial charge < -0.3 is 15.2 Å². The number of nitrogens with zero attached hydrogens (tertiary/aromatic N) is 1. The number of hydrogen-bond acceptors (Lipinski definition) is 3. The lowest BCUT2D eigenvalue weighted by Gasteiger charge is -2.22. The molecule has 112 valence electrons. The van der Waals surface area contributed by atoms with E-state index in [2.05, 4.69) is 26.6 Å². The van der Waals surface area contributed by atoms with Gasteiger partial charge in [0.15, 0.2) is 0 Å². The van der Waals surface area contributed by atoms with Crippen molar-refractivity contribution in [1.29, 1.82) is 0 Å². The highest BCUT2D eigenvalue weighted by Crippen LogP contribution is 2.08. The zero-order valence-corrected chi connectivity index (χ0v) is 13.5. The Morgan fingerprint density at radius 3 is 3.00 bits per heavy atom. The van der Waals surface area contributed by atoms with Crippen molar-refractivity contribution in [2.45, 2.75) is 19.4 Å². The summed E-state index contributed by atoms with van der Waals surface area (Å²) < 4.78 is 2.19. The molecule has 0 saturated carbocycles. The van der Waals surface area contributed by atoms with Crippen molar-refractivity contribution in [2.75, 3.05) is 19.6 Å². The summed E-state index contributed by atoms with van der Waals surface area (Å²) in [5.41, 5.74) is -0.169.